The molecule has 0 unspecified atom stereocenters. The van der Waals surface area contributed by atoms with Crippen molar-refractivity contribution in [1.82, 2.24) is 0 Å². The molecule has 4 aromatic carbocycles. The predicted molar refractivity (Wildman–Crippen MR) is 149 cm³/mol. The summed E-state index contributed by atoms with van der Waals surface area (Å²) in [6, 6.07) is 40.0. The smallest absolute Gasteiger partial charge is 0.872 e. The van der Waals surface area contributed by atoms with Gasteiger partial charge in [-0.3, -0.25) is 0 Å². The third kappa shape index (κ3) is 5.81. The Morgan fingerprint density at radius 2 is 1.08 bits per heavy atom. The Kier molecular flexibility index (Phi) is 8.86. The van der Waals surface area contributed by atoms with Crippen LogP contribution in [0, 0.1) is 11.5 Å². The second-order valence-electron chi connectivity index (χ2n) is 8.29. The van der Waals surface area contributed by atoms with Crippen molar-refractivity contribution in [2.45, 2.75) is 0 Å². The first-order valence-corrected chi connectivity index (χ1v) is 13.2. The summed E-state index contributed by atoms with van der Waals surface area (Å²) in [4.78, 5) is 3.63. The summed E-state index contributed by atoms with van der Waals surface area (Å²) in [7, 11) is -0.877. The number of nitriles is 1. The number of nitrogens with zero attached hydrogens (tertiary/aromatic N) is 2. The molecule has 0 saturated heterocycles. The van der Waals surface area contributed by atoms with E-state index in [1.54, 1.807) is 18.3 Å². The molecule has 0 aliphatic heterocycles. The molecule has 0 aromatic heterocycles. The molecule has 0 fully saturated rings. The minimum absolute atomic E-state index is 0. The van der Waals surface area contributed by atoms with Crippen LogP contribution in [0.3, 0.4) is 0 Å². The summed E-state index contributed by atoms with van der Waals surface area (Å²) in [5, 5.41) is 26.6. The van der Waals surface area contributed by atoms with Crippen LogP contribution in [-0.4, -0.2) is 5.71 Å². The van der Waals surface area contributed by atoms with Crippen LogP contribution < -0.4 is 31.5 Å². The fraction of sp³-hybridized carbons (Fsp3) is 0. The first-order chi connectivity index (χ1) is 17.8. The van der Waals surface area contributed by atoms with E-state index in [1.807, 2.05) is 30.3 Å². The maximum Gasteiger partial charge on any atom is 1.00 e. The van der Waals surface area contributed by atoms with E-state index in [0.717, 1.165) is 16.0 Å². The first-order valence-electron chi connectivity index (χ1n) is 11.7. The Labute approximate surface area is 233 Å². The number of hydrogen-bond donors (Lipinski definition) is 0. The van der Waals surface area contributed by atoms with Gasteiger partial charge in [-0.05, 0) is 70.1 Å². The van der Waals surface area contributed by atoms with E-state index in [9.17, 15) is 5.11 Å². The standard InChI is InChI=1S/C18H15P.C14H8N2O.Au/c1-4-10-16(11-5-1)19(17-12-6-2-7-13-17)18-14-8-3-9-15-18;15-8-16-9-5-6-11-10-3-1-2-4-12(10)14(17)13(11)7-9;/h1-15H;1-7,17H;/q;;+1. The van der Waals surface area contributed by atoms with Gasteiger partial charge in [-0.25, -0.2) is 0 Å². The third-order valence-electron chi connectivity index (χ3n) is 6.08. The number of aliphatic imine (C=N–C) groups is 1. The van der Waals surface area contributed by atoms with E-state index in [0.29, 0.717) is 11.3 Å². The number of hydrogen-bond acceptors (Lipinski definition) is 3. The Balaban J connectivity index is 0.000000169. The molecular weight excluding hydrogens is 656 g/mol. The number of rotatable bonds is 3. The van der Waals surface area contributed by atoms with Crippen LogP contribution in [0.25, 0.3) is 11.3 Å². The summed E-state index contributed by atoms with van der Waals surface area (Å²) in [5.41, 5.74) is 2.07. The molecule has 37 heavy (non-hydrogen) atoms. The zero-order chi connectivity index (χ0) is 24.7. The molecule has 0 spiro atoms. The van der Waals surface area contributed by atoms with Gasteiger partial charge in [0.2, 0.25) is 6.19 Å². The van der Waals surface area contributed by atoms with Crippen LogP contribution in [0.15, 0.2) is 144 Å². The minimum atomic E-state index is -0.877. The van der Waals surface area contributed by atoms with Crippen molar-refractivity contribution in [3.05, 3.63) is 149 Å². The maximum atomic E-state index is 12.1. The van der Waals surface area contributed by atoms with Gasteiger partial charge in [0.15, 0.2) is 0 Å². The van der Waals surface area contributed by atoms with Crippen LogP contribution in [-0.2, 0) is 22.4 Å². The van der Waals surface area contributed by atoms with Gasteiger partial charge in [0.25, 0.3) is 0 Å². The molecule has 0 N–H and O–H groups in total. The second kappa shape index (κ2) is 12.5. The van der Waals surface area contributed by atoms with Gasteiger partial charge >= 0.3 is 22.4 Å². The molecule has 4 aromatic rings. The minimum Gasteiger partial charge on any atom is -0.872 e. The number of benzene rings is 4. The summed E-state index contributed by atoms with van der Waals surface area (Å²) in [5.74, 6) is 0.00518. The SMILES string of the molecule is N#CN=C1C=CC2=c3ccccc3=C([O-])C2=C1.[Au+].c1ccc([PH+](c2ccccc2)c2ccccc2)cc1. The van der Waals surface area contributed by atoms with E-state index in [2.05, 4.69) is 96.0 Å². The van der Waals surface area contributed by atoms with Crippen molar-refractivity contribution in [2.24, 2.45) is 4.99 Å². The summed E-state index contributed by atoms with van der Waals surface area (Å²) in [6.07, 6.45) is 6.98. The quantitative estimate of drug-likeness (QED) is 0.190. The zero-order valence-corrected chi connectivity index (χ0v) is 23.0. The van der Waals surface area contributed by atoms with Crippen molar-refractivity contribution < 1.29 is 27.5 Å². The molecule has 0 radical (unpaired) electrons. The van der Waals surface area contributed by atoms with Crippen molar-refractivity contribution in [2.75, 3.05) is 0 Å². The molecule has 2 aliphatic carbocycles. The van der Waals surface area contributed by atoms with Crippen LogP contribution >= 0.6 is 7.92 Å². The fourth-order valence-corrected chi connectivity index (χ4v) is 7.04. The number of fused-ring (bicyclic) bond motifs is 2. The maximum absolute atomic E-state index is 12.1. The van der Waals surface area contributed by atoms with E-state index in [1.165, 1.54) is 15.9 Å². The Hall–Kier alpha value is -3.77. The van der Waals surface area contributed by atoms with Gasteiger partial charge in [0.05, 0.1) is 13.6 Å². The van der Waals surface area contributed by atoms with Gasteiger partial charge in [-0.15, -0.1) is 0 Å². The second-order valence-corrected chi connectivity index (χ2v) is 10.8. The molecule has 182 valence electrons. The molecule has 2 aliphatic rings. The van der Waals surface area contributed by atoms with Gasteiger partial charge in [-0.1, -0.05) is 90.7 Å². The molecule has 0 atom stereocenters. The van der Waals surface area contributed by atoms with E-state index in [4.69, 9.17) is 5.26 Å². The largest absolute Gasteiger partial charge is 1.00 e. The van der Waals surface area contributed by atoms with Crippen molar-refractivity contribution in [1.29, 1.82) is 5.26 Å². The van der Waals surface area contributed by atoms with Crippen molar-refractivity contribution >= 4 is 40.9 Å². The van der Waals surface area contributed by atoms with Crippen LogP contribution in [0.5, 0.6) is 0 Å². The molecule has 5 heteroatoms. The predicted octanol–water partition coefficient (Wildman–Crippen LogP) is 2.91. The Morgan fingerprint density at radius 3 is 1.57 bits per heavy atom. The van der Waals surface area contributed by atoms with Crippen LogP contribution in [0.4, 0.5) is 0 Å². The topological polar surface area (TPSA) is 59.2 Å². The first kappa shape index (κ1) is 26.3. The molecular formula is C32H23AuN2OP+. The van der Waals surface area contributed by atoms with Gasteiger partial charge < -0.3 is 5.11 Å². The molecule has 0 bridgehead atoms. The van der Waals surface area contributed by atoms with E-state index < -0.39 is 7.92 Å². The summed E-state index contributed by atoms with van der Waals surface area (Å²) < 4.78 is 0. The molecule has 3 nitrogen and oxygen atoms in total. The molecule has 0 amide bonds. The monoisotopic (exact) mass is 679 g/mol. The van der Waals surface area contributed by atoms with Crippen molar-refractivity contribution in [3.8, 4) is 6.19 Å². The third-order valence-corrected chi connectivity index (χ3v) is 8.81. The van der Waals surface area contributed by atoms with Crippen LogP contribution in [0.1, 0.15) is 0 Å². The van der Waals surface area contributed by atoms with Crippen LogP contribution in [0.2, 0.25) is 0 Å². The zero-order valence-electron chi connectivity index (χ0n) is 19.8. The average molecular weight is 679 g/mol. The van der Waals surface area contributed by atoms with Gasteiger partial charge in [0, 0.05) is 0 Å². The number of allylic oxidation sites excluding steroid dienone is 3. The molecule has 6 rings (SSSR count). The average Bonchev–Trinajstić information content (AvgIpc) is 3.23. The van der Waals surface area contributed by atoms with Gasteiger partial charge in [0.1, 0.15) is 15.9 Å². The Bertz CT molecular complexity index is 1540. The molecule has 0 saturated carbocycles. The van der Waals surface area contributed by atoms with E-state index >= 15 is 0 Å². The normalized spacial score (nSPS) is 14.1. The molecule has 0 heterocycles. The van der Waals surface area contributed by atoms with Crippen molar-refractivity contribution in [3.63, 3.8) is 0 Å². The fourth-order valence-electron chi connectivity index (χ4n) is 4.46. The van der Waals surface area contributed by atoms with E-state index in [-0.39, 0.29) is 28.1 Å². The summed E-state index contributed by atoms with van der Waals surface area (Å²) in [6.45, 7) is 0. The Morgan fingerprint density at radius 1 is 0.622 bits per heavy atom. The summed E-state index contributed by atoms with van der Waals surface area (Å²) >= 11 is 0. The van der Waals surface area contributed by atoms with Gasteiger partial charge in [-0.2, -0.15) is 10.3 Å².